The van der Waals surface area contributed by atoms with Crippen LogP contribution in [-0.2, 0) is 4.79 Å². The van der Waals surface area contributed by atoms with Gasteiger partial charge in [-0.25, -0.2) is 0 Å². The topological polar surface area (TPSA) is 91.0 Å². The Balaban J connectivity index is 1.56. The van der Waals surface area contributed by atoms with Gasteiger partial charge in [-0.15, -0.1) is 0 Å². The minimum atomic E-state index is -0.369. The Morgan fingerprint density at radius 3 is 2.54 bits per heavy atom. The first-order valence-corrected chi connectivity index (χ1v) is 14.2. The van der Waals surface area contributed by atoms with Gasteiger partial charge in [0.05, 0.1) is 23.3 Å². The van der Waals surface area contributed by atoms with Gasteiger partial charge in [-0.2, -0.15) is 0 Å². The molecule has 216 valence electrons. The van der Waals surface area contributed by atoms with Gasteiger partial charge in [0.2, 0.25) is 5.91 Å². The van der Waals surface area contributed by atoms with Crippen LogP contribution >= 0.6 is 23.2 Å². The normalized spacial score (nSPS) is 14.7. The molecule has 0 radical (unpaired) electrons. The Morgan fingerprint density at radius 1 is 1.02 bits per heavy atom. The van der Waals surface area contributed by atoms with Gasteiger partial charge in [-0.05, 0) is 80.9 Å². The van der Waals surface area contributed by atoms with Crippen molar-refractivity contribution in [1.29, 1.82) is 0 Å². The minimum Gasteiger partial charge on any atom is -0.496 e. The number of fused-ring (bicyclic) bond motifs is 1. The predicted molar refractivity (Wildman–Crippen MR) is 164 cm³/mol. The minimum absolute atomic E-state index is 0.0290. The van der Waals surface area contributed by atoms with Crippen molar-refractivity contribution in [3.8, 4) is 5.75 Å². The summed E-state index contributed by atoms with van der Waals surface area (Å²) in [5.74, 6) is -0.398. The highest BCUT2D eigenvalue weighted by molar-refractivity contribution is 6.34. The Kier molecular flexibility index (Phi) is 10.3. The first-order chi connectivity index (χ1) is 19.7. The van der Waals surface area contributed by atoms with Crippen molar-refractivity contribution in [1.82, 2.24) is 10.2 Å². The van der Waals surface area contributed by atoms with Crippen LogP contribution in [0.5, 0.6) is 5.75 Å². The van der Waals surface area contributed by atoms with Crippen molar-refractivity contribution in [3.05, 3.63) is 87.4 Å². The predicted octanol–water partition coefficient (Wildman–Crippen LogP) is 5.85. The molecular weight excluding hydrogens is 563 g/mol. The quantitative estimate of drug-likeness (QED) is 0.323. The fourth-order valence-electron chi connectivity index (χ4n) is 4.94. The lowest BCUT2D eigenvalue weighted by Gasteiger charge is -2.25. The van der Waals surface area contributed by atoms with Crippen molar-refractivity contribution >= 4 is 52.3 Å². The smallest absolute Gasteiger partial charge is 0.262 e. The Labute approximate surface area is 250 Å². The van der Waals surface area contributed by atoms with E-state index in [1.807, 2.05) is 31.1 Å². The molecule has 1 heterocycles. The van der Waals surface area contributed by atoms with E-state index in [0.29, 0.717) is 58.5 Å². The summed E-state index contributed by atoms with van der Waals surface area (Å²) in [5.41, 5.74) is 2.75. The van der Waals surface area contributed by atoms with Crippen LogP contribution in [0.2, 0.25) is 10.0 Å². The molecule has 0 saturated heterocycles. The fraction of sp³-hybridized carbons (Fsp3) is 0.323. The lowest BCUT2D eigenvalue weighted by Crippen LogP contribution is -2.32. The molecule has 0 fully saturated rings. The molecule has 1 aliphatic heterocycles. The highest BCUT2D eigenvalue weighted by Gasteiger charge is 2.30. The summed E-state index contributed by atoms with van der Waals surface area (Å²) in [7, 11) is 5.40. The molecular formula is C31H34Cl2N4O4. The maximum absolute atomic E-state index is 13.9. The van der Waals surface area contributed by atoms with Crippen LogP contribution < -0.4 is 20.3 Å². The van der Waals surface area contributed by atoms with E-state index < -0.39 is 0 Å². The van der Waals surface area contributed by atoms with Gasteiger partial charge in [0, 0.05) is 48.5 Å². The van der Waals surface area contributed by atoms with E-state index >= 15 is 0 Å². The molecule has 4 rings (SSSR count). The molecule has 41 heavy (non-hydrogen) atoms. The number of rotatable bonds is 9. The van der Waals surface area contributed by atoms with Crippen molar-refractivity contribution in [2.75, 3.05) is 51.1 Å². The van der Waals surface area contributed by atoms with Crippen molar-refractivity contribution in [2.45, 2.75) is 25.2 Å². The molecule has 0 saturated carbocycles. The molecule has 0 aliphatic carbocycles. The number of carbonyl (C=O) groups excluding carboxylic acids is 3. The molecule has 0 spiro atoms. The highest BCUT2D eigenvalue weighted by Crippen LogP contribution is 2.39. The van der Waals surface area contributed by atoms with Crippen LogP contribution in [-0.4, -0.2) is 63.5 Å². The van der Waals surface area contributed by atoms with Gasteiger partial charge in [0.15, 0.2) is 0 Å². The average molecular weight is 598 g/mol. The zero-order valence-electron chi connectivity index (χ0n) is 23.4. The Bertz CT molecular complexity index is 1430. The van der Waals surface area contributed by atoms with Crippen LogP contribution in [0.1, 0.15) is 51.5 Å². The first kappa shape index (κ1) is 30.4. The van der Waals surface area contributed by atoms with E-state index in [1.165, 1.54) is 7.11 Å². The molecule has 8 nitrogen and oxygen atoms in total. The van der Waals surface area contributed by atoms with Gasteiger partial charge in [-0.1, -0.05) is 35.3 Å². The highest BCUT2D eigenvalue weighted by atomic mass is 35.5. The van der Waals surface area contributed by atoms with Gasteiger partial charge in [0.25, 0.3) is 11.8 Å². The fourth-order valence-corrected chi connectivity index (χ4v) is 5.34. The number of benzene rings is 3. The number of amides is 3. The molecule has 1 atom stereocenters. The van der Waals surface area contributed by atoms with Crippen LogP contribution in [0.3, 0.4) is 0 Å². The molecule has 0 aromatic heterocycles. The number of ether oxygens (including phenoxy) is 1. The van der Waals surface area contributed by atoms with Crippen LogP contribution in [0.25, 0.3) is 0 Å². The molecule has 3 amide bonds. The second-order valence-corrected chi connectivity index (χ2v) is 11.0. The van der Waals surface area contributed by atoms with Gasteiger partial charge in [-0.3, -0.25) is 14.4 Å². The largest absolute Gasteiger partial charge is 0.496 e. The Hall–Kier alpha value is -3.59. The van der Waals surface area contributed by atoms with E-state index in [9.17, 15) is 14.4 Å². The van der Waals surface area contributed by atoms with E-state index in [-0.39, 0.29) is 23.6 Å². The molecule has 3 aromatic carbocycles. The van der Waals surface area contributed by atoms with Gasteiger partial charge in [0.1, 0.15) is 5.75 Å². The van der Waals surface area contributed by atoms with E-state index in [0.717, 1.165) is 24.2 Å². The number of hydrogen-bond acceptors (Lipinski definition) is 5. The molecule has 1 aliphatic rings. The number of carbonyl (C=O) groups is 3. The summed E-state index contributed by atoms with van der Waals surface area (Å²) in [5, 5.41) is 6.69. The summed E-state index contributed by atoms with van der Waals surface area (Å²) in [6.07, 6.45) is 1.76. The second-order valence-electron chi connectivity index (χ2n) is 10.2. The summed E-state index contributed by atoms with van der Waals surface area (Å²) in [6.45, 7) is 1.80. The zero-order valence-corrected chi connectivity index (χ0v) is 24.9. The van der Waals surface area contributed by atoms with E-state index in [4.69, 9.17) is 27.9 Å². The van der Waals surface area contributed by atoms with Gasteiger partial charge < -0.3 is 25.2 Å². The maximum atomic E-state index is 13.9. The maximum Gasteiger partial charge on any atom is 0.262 e. The number of anilines is 2. The SMILES string of the molecule is COc1cc(NC(=O)c2ccccc2Cl)ccc1C(=O)N1CCCC(CC(=O)NCCN(C)C)c2cc(Cl)ccc21. The lowest BCUT2D eigenvalue weighted by molar-refractivity contribution is -0.121. The zero-order chi connectivity index (χ0) is 29.5. The van der Waals surface area contributed by atoms with Crippen molar-refractivity contribution in [2.24, 2.45) is 0 Å². The summed E-state index contributed by atoms with van der Waals surface area (Å²) < 4.78 is 5.57. The number of hydrogen-bond donors (Lipinski definition) is 2. The van der Waals surface area contributed by atoms with E-state index in [2.05, 4.69) is 10.6 Å². The number of methoxy groups -OCH3 is 1. The van der Waals surface area contributed by atoms with Crippen molar-refractivity contribution < 1.29 is 19.1 Å². The number of nitrogens with one attached hydrogen (secondary N) is 2. The van der Waals surface area contributed by atoms with Crippen LogP contribution in [0.15, 0.2) is 60.7 Å². The average Bonchev–Trinajstić information content (AvgIpc) is 3.11. The molecule has 1 unspecified atom stereocenters. The molecule has 10 heteroatoms. The monoisotopic (exact) mass is 596 g/mol. The number of likely N-dealkylation sites (N-methyl/N-ethyl adjacent to an activating group) is 1. The third kappa shape index (κ3) is 7.58. The molecule has 2 N–H and O–H groups in total. The number of halogens is 2. The van der Waals surface area contributed by atoms with Gasteiger partial charge >= 0.3 is 0 Å². The second kappa shape index (κ2) is 13.9. The summed E-state index contributed by atoms with van der Waals surface area (Å²) in [6, 6.07) is 17.1. The van der Waals surface area contributed by atoms with Crippen LogP contribution in [0.4, 0.5) is 11.4 Å². The summed E-state index contributed by atoms with van der Waals surface area (Å²) >= 11 is 12.5. The molecule has 0 bridgehead atoms. The molecule has 3 aromatic rings. The third-order valence-electron chi connectivity index (χ3n) is 7.02. The van der Waals surface area contributed by atoms with Crippen molar-refractivity contribution in [3.63, 3.8) is 0 Å². The first-order valence-electron chi connectivity index (χ1n) is 13.4. The lowest BCUT2D eigenvalue weighted by atomic mass is 9.90. The number of nitrogens with zero attached hydrogens (tertiary/aromatic N) is 2. The summed E-state index contributed by atoms with van der Waals surface area (Å²) in [4.78, 5) is 43.2. The third-order valence-corrected chi connectivity index (χ3v) is 7.59. The van der Waals surface area contributed by atoms with Crippen LogP contribution in [0, 0.1) is 0 Å². The standard InChI is InChI=1S/C31H34Cl2N4O4/c1-36(2)16-14-34-29(38)17-20-7-6-15-37(27-13-10-21(32)18-25(20)27)31(40)24-12-11-22(19-28(24)41-3)35-30(39)23-8-4-5-9-26(23)33/h4-5,8-13,18-20H,6-7,14-17H2,1-3H3,(H,34,38)(H,35,39). The van der Waals surface area contributed by atoms with E-state index in [1.54, 1.807) is 53.4 Å². The Morgan fingerprint density at radius 2 is 1.80 bits per heavy atom.